The summed E-state index contributed by atoms with van der Waals surface area (Å²) in [5.41, 5.74) is 1.16. The summed E-state index contributed by atoms with van der Waals surface area (Å²) >= 11 is 0. The first kappa shape index (κ1) is 24.8. The van der Waals surface area contributed by atoms with Crippen molar-refractivity contribution in [1.29, 1.82) is 0 Å². The van der Waals surface area contributed by atoms with Crippen LogP contribution in [0.2, 0.25) is 0 Å². The molecule has 3 saturated carbocycles. The van der Waals surface area contributed by atoms with Crippen LogP contribution in [0.5, 0.6) is 0 Å². The second kappa shape index (κ2) is 8.35. The lowest BCUT2D eigenvalue weighted by Gasteiger charge is -2.59. The number of hydrogen-bond donors (Lipinski definition) is 1. The molecule has 0 radical (unpaired) electrons. The summed E-state index contributed by atoms with van der Waals surface area (Å²) in [5, 5.41) is 11.6. The van der Waals surface area contributed by atoms with E-state index in [1.165, 1.54) is 6.92 Å². The fraction of sp³-hybridized carbons (Fsp3) is 0.643. The van der Waals surface area contributed by atoms with Crippen LogP contribution in [0.15, 0.2) is 40.8 Å². The molecule has 4 unspecified atom stereocenters. The number of fused-ring (bicyclic) bond motifs is 5. The number of carbonyl (C=O) groups excluding carboxylic acids is 2. The Hall–Kier alpha value is -1.83. The van der Waals surface area contributed by atoms with Gasteiger partial charge in [0.25, 0.3) is 10.1 Å². The van der Waals surface area contributed by atoms with Gasteiger partial charge in [0.15, 0.2) is 0 Å². The van der Waals surface area contributed by atoms with Gasteiger partial charge >= 0.3 is 0 Å². The molecular weight excluding hydrogens is 464 g/mol. The molecule has 0 bridgehead atoms. The van der Waals surface area contributed by atoms with Gasteiger partial charge < -0.3 is 5.11 Å². The molecule has 190 valence electrons. The van der Waals surface area contributed by atoms with Gasteiger partial charge in [-0.1, -0.05) is 43.2 Å². The van der Waals surface area contributed by atoms with E-state index in [0.29, 0.717) is 25.7 Å². The molecule has 5 rings (SSSR count). The van der Waals surface area contributed by atoms with Crippen LogP contribution >= 0.6 is 0 Å². The quantitative estimate of drug-likeness (QED) is 0.487. The maximum atomic E-state index is 13.3. The monoisotopic (exact) mass is 500 g/mol. The predicted molar refractivity (Wildman–Crippen MR) is 131 cm³/mol. The largest absolute Gasteiger partial charge is 0.393 e. The zero-order valence-corrected chi connectivity index (χ0v) is 21.8. The lowest BCUT2D eigenvalue weighted by Crippen LogP contribution is -2.58. The Kier molecular flexibility index (Phi) is 5.93. The van der Waals surface area contributed by atoms with Crippen molar-refractivity contribution in [3.8, 4) is 0 Å². The molecule has 0 spiro atoms. The molecule has 0 aromatic heterocycles. The highest BCUT2D eigenvalue weighted by Crippen LogP contribution is 2.66. The Balaban J connectivity index is 1.55. The highest BCUT2D eigenvalue weighted by atomic mass is 32.2. The number of aliphatic hydroxyl groups is 1. The van der Waals surface area contributed by atoms with Crippen molar-refractivity contribution in [2.75, 3.05) is 0 Å². The molecule has 0 saturated heterocycles. The molecule has 4 aliphatic rings. The number of allylic oxidation sites excluding steroid dienone is 2. The number of carbonyl (C=O) groups is 2. The molecule has 0 aliphatic heterocycles. The normalized spacial score (nSPS) is 40.9. The molecule has 3 fully saturated rings. The zero-order valence-electron chi connectivity index (χ0n) is 21.0. The van der Waals surface area contributed by atoms with Crippen molar-refractivity contribution in [3.05, 3.63) is 41.5 Å². The fourth-order valence-corrected chi connectivity index (χ4v) is 9.22. The number of aryl methyl sites for hydroxylation is 1. The fourth-order valence-electron chi connectivity index (χ4n) is 8.12. The van der Waals surface area contributed by atoms with Crippen LogP contribution in [0.4, 0.5) is 0 Å². The molecule has 1 aromatic rings. The maximum absolute atomic E-state index is 13.3. The molecular formula is C28H36O6S. The second-order valence-electron chi connectivity index (χ2n) is 11.8. The lowest BCUT2D eigenvalue weighted by atomic mass is 9.46. The number of aliphatic hydroxyl groups excluding tert-OH is 1. The minimum absolute atomic E-state index is 0.0321. The Bertz CT molecular complexity index is 1180. The third-order valence-electron chi connectivity index (χ3n) is 10.1. The Morgan fingerprint density at radius 1 is 1.14 bits per heavy atom. The standard InChI is InChI=1S/C28H36O6S/c1-16-5-8-20(9-6-16)35(32,33)34-24-14-22(17(2)29)28(4)25(31)15-23-21(26(24)28)10-7-18-13-19(30)11-12-27(18,23)3/h5-9,21-26,31H,10-15H2,1-4H3/t21?,22?,23?,24-,25+,26?,27-,28-/m0/s1. The number of rotatable bonds is 4. The van der Waals surface area contributed by atoms with Crippen molar-refractivity contribution in [3.63, 3.8) is 0 Å². The molecule has 7 heteroatoms. The third-order valence-corrected chi connectivity index (χ3v) is 11.4. The topological polar surface area (TPSA) is 97.7 Å². The molecule has 35 heavy (non-hydrogen) atoms. The van der Waals surface area contributed by atoms with Gasteiger partial charge in [-0.3, -0.25) is 13.8 Å². The summed E-state index contributed by atoms with van der Waals surface area (Å²) in [7, 11) is -4.04. The van der Waals surface area contributed by atoms with Crippen LogP contribution < -0.4 is 0 Å². The SMILES string of the molecule is CC(=O)C1C[C@H](OS(=O)(=O)c2ccc(C)cc2)C2C3CC=C4CC(=O)CC[C@]4(C)C3C[C@@H](O)[C@]12C. The van der Waals surface area contributed by atoms with E-state index in [2.05, 4.69) is 13.0 Å². The highest BCUT2D eigenvalue weighted by Gasteiger charge is 2.66. The molecule has 6 nitrogen and oxygen atoms in total. The zero-order chi connectivity index (χ0) is 25.3. The van der Waals surface area contributed by atoms with E-state index >= 15 is 0 Å². The molecule has 1 aromatic carbocycles. The van der Waals surface area contributed by atoms with Gasteiger partial charge in [0.1, 0.15) is 11.6 Å². The molecule has 0 heterocycles. The van der Waals surface area contributed by atoms with E-state index < -0.39 is 33.7 Å². The average Bonchev–Trinajstić information content (AvgIpc) is 3.09. The Morgan fingerprint density at radius 2 is 1.83 bits per heavy atom. The van der Waals surface area contributed by atoms with Gasteiger partial charge in [0.05, 0.1) is 17.1 Å². The van der Waals surface area contributed by atoms with Gasteiger partial charge in [-0.2, -0.15) is 8.42 Å². The number of hydrogen-bond acceptors (Lipinski definition) is 6. The van der Waals surface area contributed by atoms with Crippen molar-refractivity contribution >= 4 is 21.7 Å². The van der Waals surface area contributed by atoms with E-state index in [9.17, 15) is 23.1 Å². The summed E-state index contributed by atoms with van der Waals surface area (Å²) in [4.78, 5) is 25.1. The van der Waals surface area contributed by atoms with Gasteiger partial charge in [0, 0.05) is 24.2 Å². The summed E-state index contributed by atoms with van der Waals surface area (Å²) in [5.74, 6) is -0.326. The van der Waals surface area contributed by atoms with Crippen LogP contribution in [0.1, 0.15) is 64.9 Å². The van der Waals surface area contributed by atoms with Crippen molar-refractivity contribution in [2.45, 2.75) is 83.3 Å². The molecule has 8 atom stereocenters. The maximum Gasteiger partial charge on any atom is 0.297 e. The molecule has 4 aliphatic carbocycles. The Labute approximate surface area is 208 Å². The number of ketones is 2. The van der Waals surface area contributed by atoms with Crippen LogP contribution in [-0.2, 0) is 23.9 Å². The summed E-state index contributed by atoms with van der Waals surface area (Å²) in [6.45, 7) is 7.59. The smallest absolute Gasteiger partial charge is 0.297 e. The number of benzene rings is 1. The molecule has 1 N–H and O–H groups in total. The highest BCUT2D eigenvalue weighted by molar-refractivity contribution is 7.86. The van der Waals surface area contributed by atoms with E-state index in [1.54, 1.807) is 24.3 Å². The van der Waals surface area contributed by atoms with Gasteiger partial charge in [-0.05, 0) is 74.8 Å². The van der Waals surface area contributed by atoms with Crippen molar-refractivity contribution < 1.29 is 27.3 Å². The second-order valence-corrected chi connectivity index (χ2v) is 13.4. The minimum Gasteiger partial charge on any atom is -0.393 e. The van der Waals surface area contributed by atoms with Crippen molar-refractivity contribution in [1.82, 2.24) is 0 Å². The van der Waals surface area contributed by atoms with Crippen LogP contribution in [-0.4, -0.2) is 37.3 Å². The van der Waals surface area contributed by atoms with Crippen LogP contribution in [0, 0.1) is 41.4 Å². The van der Waals surface area contributed by atoms with E-state index in [0.717, 1.165) is 17.6 Å². The van der Waals surface area contributed by atoms with E-state index in [-0.39, 0.29) is 46.1 Å². The third kappa shape index (κ3) is 3.77. The predicted octanol–water partition coefficient (Wildman–Crippen LogP) is 4.39. The van der Waals surface area contributed by atoms with E-state index in [4.69, 9.17) is 4.18 Å². The van der Waals surface area contributed by atoms with Crippen LogP contribution in [0.3, 0.4) is 0 Å². The van der Waals surface area contributed by atoms with Gasteiger partial charge in [-0.25, -0.2) is 0 Å². The van der Waals surface area contributed by atoms with E-state index in [1.807, 2.05) is 13.8 Å². The number of Topliss-reactive ketones (excluding diaryl/α,β-unsaturated/α-hetero) is 2. The molecule has 0 amide bonds. The van der Waals surface area contributed by atoms with Crippen LogP contribution in [0.25, 0.3) is 0 Å². The summed E-state index contributed by atoms with van der Waals surface area (Å²) in [6.07, 6.45) is 4.06. The minimum atomic E-state index is -4.04. The van der Waals surface area contributed by atoms with Crippen molar-refractivity contribution in [2.24, 2.45) is 34.5 Å². The first-order chi connectivity index (χ1) is 16.4. The van der Waals surface area contributed by atoms with Gasteiger partial charge in [0.2, 0.25) is 0 Å². The summed E-state index contributed by atoms with van der Waals surface area (Å²) in [6, 6.07) is 6.59. The lowest BCUT2D eigenvalue weighted by molar-refractivity contribution is -0.152. The first-order valence-corrected chi connectivity index (χ1v) is 14.2. The van der Waals surface area contributed by atoms with Gasteiger partial charge in [-0.15, -0.1) is 0 Å². The Morgan fingerprint density at radius 3 is 2.49 bits per heavy atom. The summed E-state index contributed by atoms with van der Waals surface area (Å²) < 4.78 is 32.6. The average molecular weight is 501 g/mol. The first-order valence-electron chi connectivity index (χ1n) is 12.8.